The Hall–Kier alpha value is 0.363. The minimum absolute atomic E-state index is 0.850. The van der Waals surface area contributed by atoms with E-state index >= 15 is 0 Å². The van der Waals surface area contributed by atoms with E-state index in [-0.39, 0.29) is 0 Å². The van der Waals surface area contributed by atoms with Crippen molar-refractivity contribution in [1.29, 1.82) is 0 Å². The number of rotatable bonds is 0. The molecule has 0 aromatic carbocycles. The molecule has 0 radical (unpaired) electrons. The summed E-state index contributed by atoms with van der Waals surface area (Å²) in [6, 6.07) is 0. The first-order valence-corrected chi connectivity index (χ1v) is 5.41. The van der Waals surface area contributed by atoms with Gasteiger partial charge < -0.3 is 0 Å². The van der Waals surface area contributed by atoms with E-state index in [4.69, 9.17) is 0 Å². The molecule has 0 heterocycles. The molecule has 0 N–H and O–H groups in total. The van der Waals surface area contributed by atoms with Gasteiger partial charge in [-0.3, -0.25) is 0 Å². The summed E-state index contributed by atoms with van der Waals surface area (Å²) in [6.07, 6.45) is 10.3. The van der Waals surface area contributed by atoms with Crippen LogP contribution in [-0.2, 0) is 24.7 Å². The van der Waals surface area contributed by atoms with Crippen molar-refractivity contribution in [3.05, 3.63) is 23.3 Å². The van der Waals surface area contributed by atoms with Crippen molar-refractivity contribution in [2.45, 2.75) is 29.3 Å². The molecule has 2 aliphatic carbocycles. The van der Waals surface area contributed by atoms with Crippen LogP contribution < -0.4 is 0 Å². The van der Waals surface area contributed by atoms with Crippen molar-refractivity contribution in [1.82, 2.24) is 0 Å². The van der Waals surface area contributed by atoms with E-state index in [9.17, 15) is 0 Å². The third kappa shape index (κ3) is 1.09. The molecule has 0 amide bonds. The fraction of sp³-hybridized carbons (Fsp3) is 0.556. The predicted molar refractivity (Wildman–Crippen MR) is 38.4 cm³/mol. The Morgan fingerprint density at radius 2 is 2.10 bits per heavy atom. The van der Waals surface area contributed by atoms with Crippen LogP contribution in [0, 0.1) is 0 Å². The molecule has 0 aromatic rings. The molecule has 1 atom stereocenters. The van der Waals surface area contributed by atoms with Gasteiger partial charge in [0.25, 0.3) is 0 Å². The molecule has 0 saturated carbocycles. The molecular formula is C9H11Zr. The van der Waals surface area contributed by atoms with Gasteiger partial charge in [0.1, 0.15) is 0 Å². The van der Waals surface area contributed by atoms with Crippen LogP contribution in [0.2, 0.25) is 3.63 Å². The Balaban J connectivity index is 2.27. The van der Waals surface area contributed by atoms with Crippen molar-refractivity contribution in [3.63, 3.8) is 0 Å². The fourth-order valence-electron chi connectivity index (χ4n) is 1.83. The molecule has 0 fully saturated rings. The molecule has 0 saturated heterocycles. The second-order valence-corrected chi connectivity index (χ2v) is 4.62. The zero-order chi connectivity index (χ0) is 6.97. The number of hydrogen-bond donors (Lipinski definition) is 0. The van der Waals surface area contributed by atoms with Crippen LogP contribution in [0.1, 0.15) is 25.7 Å². The van der Waals surface area contributed by atoms with Crippen LogP contribution in [0.5, 0.6) is 0 Å². The maximum atomic E-state index is 2.38. The van der Waals surface area contributed by atoms with Crippen LogP contribution in [0.4, 0.5) is 0 Å². The zero-order valence-corrected chi connectivity index (χ0v) is 8.52. The quantitative estimate of drug-likeness (QED) is 0.577. The molecule has 2 aliphatic rings. The van der Waals surface area contributed by atoms with Crippen molar-refractivity contribution < 1.29 is 24.7 Å². The monoisotopic (exact) mass is 209 g/mol. The molecule has 51 valence electrons. The van der Waals surface area contributed by atoms with E-state index in [0.29, 0.717) is 0 Å². The summed E-state index contributed by atoms with van der Waals surface area (Å²) in [6.45, 7) is 0. The van der Waals surface area contributed by atoms with Gasteiger partial charge in [-0.15, -0.1) is 0 Å². The third-order valence-corrected chi connectivity index (χ3v) is 3.75. The number of allylic oxidation sites excluding steroid dienone is 4. The van der Waals surface area contributed by atoms with Crippen LogP contribution >= 0.6 is 0 Å². The van der Waals surface area contributed by atoms with E-state index in [1.54, 1.807) is 35.9 Å². The van der Waals surface area contributed by atoms with Gasteiger partial charge >= 0.3 is 77.3 Å². The Kier molecular flexibility index (Phi) is 1.95. The third-order valence-electron chi connectivity index (χ3n) is 2.42. The molecule has 0 spiro atoms. The second kappa shape index (κ2) is 2.77. The van der Waals surface area contributed by atoms with Crippen LogP contribution in [0.25, 0.3) is 0 Å². The first-order valence-electron chi connectivity index (χ1n) is 3.99. The van der Waals surface area contributed by atoms with Gasteiger partial charge in [0, 0.05) is 0 Å². The van der Waals surface area contributed by atoms with Gasteiger partial charge in [-0.2, -0.15) is 0 Å². The van der Waals surface area contributed by atoms with Crippen molar-refractivity contribution in [2.75, 3.05) is 0 Å². The fourth-order valence-corrected chi connectivity index (χ4v) is 2.87. The Bertz CT molecular complexity index is 201. The average molecular weight is 210 g/mol. The molecule has 1 unspecified atom stereocenters. The summed E-state index contributed by atoms with van der Waals surface area (Å²) in [7, 11) is 0. The van der Waals surface area contributed by atoms with Crippen LogP contribution in [0.15, 0.2) is 23.3 Å². The normalized spacial score (nSPS) is 30.9. The van der Waals surface area contributed by atoms with Gasteiger partial charge in [-0.05, 0) is 0 Å². The molecule has 10 heavy (non-hydrogen) atoms. The summed E-state index contributed by atoms with van der Waals surface area (Å²) in [5.74, 6) is 0. The first-order chi connectivity index (χ1) is 4.88. The molecule has 0 aliphatic heterocycles. The molecule has 1 heteroatoms. The predicted octanol–water partition coefficient (Wildman–Crippen LogP) is 2.76. The van der Waals surface area contributed by atoms with Crippen LogP contribution in [0.3, 0.4) is 0 Å². The SMILES string of the molecule is [Zr][CH]1C=CC2=C1CCCC2. The van der Waals surface area contributed by atoms with Crippen molar-refractivity contribution >= 4 is 0 Å². The van der Waals surface area contributed by atoms with Gasteiger partial charge in [0.15, 0.2) is 0 Å². The summed E-state index contributed by atoms with van der Waals surface area (Å²) in [5.41, 5.74) is 3.44. The molecule has 0 nitrogen and oxygen atoms in total. The standard InChI is InChI=1S/C9H11.Zr/c1-2-5-9-7-3-6-8(9)4-1;/h3,6-7H,1-2,4-5H2;. The maximum absolute atomic E-state index is 2.38. The van der Waals surface area contributed by atoms with Gasteiger partial charge in [-0.1, -0.05) is 0 Å². The topological polar surface area (TPSA) is 0 Å². The minimum atomic E-state index is 0.850. The van der Waals surface area contributed by atoms with Gasteiger partial charge in [0.05, 0.1) is 0 Å². The molecule has 0 bridgehead atoms. The van der Waals surface area contributed by atoms with Gasteiger partial charge in [0.2, 0.25) is 0 Å². The zero-order valence-electron chi connectivity index (χ0n) is 6.06. The Morgan fingerprint density at radius 3 is 2.90 bits per heavy atom. The van der Waals surface area contributed by atoms with Crippen LogP contribution in [-0.4, -0.2) is 0 Å². The average Bonchev–Trinajstić information content (AvgIpc) is 2.34. The second-order valence-electron chi connectivity index (χ2n) is 3.09. The summed E-state index contributed by atoms with van der Waals surface area (Å²) >= 11 is 1.67. The van der Waals surface area contributed by atoms with E-state index in [1.165, 1.54) is 25.7 Å². The first kappa shape index (κ1) is 7.04. The van der Waals surface area contributed by atoms with Gasteiger partial charge in [-0.25, -0.2) is 0 Å². The van der Waals surface area contributed by atoms with E-state index < -0.39 is 0 Å². The molecule has 2 rings (SSSR count). The van der Waals surface area contributed by atoms with E-state index in [1.807, 2.05) is 0 Å². The number of hydrogen-bond acceptors (Lipinski definition) is 0. The summed E-state index contributed by atoms with van der Waals surface area (Å²) in [5, 5.41) is 0. The molecule has 0 aromatic heterocycles. The van der Waals surface area contributed by atoms with Crippen molar-refractivity contribution in [3.8, 4) is 0 Å². The van der Waals surface area contributed by atoms with E-state index in [0.717, 1.165) is 3.63 Å². The molecular weight excluding hydrogens is 199 g/mol. The summed E-state index contributed by atoms with van der Waals surface area (Å²) in [4.78, 5) is 0. The Morgan fingerprint density at radius 1 is 1.30 bits per heavy atom. The van der Waals surface area contributed by atoms with Crippen molar-refractivity contribution in [2.24, 2.45) is 0 Å². The van der Waals surface area contributed by atoms with E-state index in [2.05, 4.69) is 12.2 Å². The Labute approximate surface area is 77.2 Å². The summed E-state index contributed by atoms with van der Waals surface area (Å²) < 4.78 is 0.850.